The lowest BCUT2D eigenvalue weighted by Gasteiger charge is -2.12. The van der Waals surface area contributed by atoms with Gasteiger partial charge in [0.1, 0.15) is 18.2 Å². The van der Waals surface area contributed by atoms with Crippen molar-refractivity contribution in [3.8, 4) is 17.2 Å². The monoisotopic (exact) mass is 422 g/mol. The van der Waals surface area contributed by atoms with E-state index in [1.54, 1.807) is 61.7 Å². The van der Waals surface area contributed by atoms with Gasteiger partial charge < -0.3 is 14.2 Å². The number of hydrogen-bond donors (Lipinski definition) is 1. The van der Waals surface area contributed by atoms with Gasteiger partial charge in [0.25, 0.3) is 5.91 Å². The summed E-state index contributed by atoms with van der Waals surface area (Å²) in [5, 5.41) is 4.01. The number of rotatable bonds is 9. The van der Waals surface area contributed by atoms with Crippen LogP contribution in [-0.2, 0) is 6.61 Å². The molecule has 6 nitrogen and oxygen atoms in total. The lowest BCUT2D eigenvalue weighted by atomic mass is 10.2. The van der Waals surface area contributed by atoms with Gasteiger partial charge in [0.2, 0.25) is 0 Å². The largest absolute Gasteiger partial charge is 0.497 e. The van der Waals surface area contributed by atoms with Crippen molar-refractivity contribution >= 4 is 12.1 Å². The number of nitrogens with zero attached hydrogens (tertiary/aromatic N) is 1. The quantitative estimate of drug-likeness (QED) is 0.405. The molecular formula is C24H23FN2O4. The van der Waals surface area contributed by atoms with Gasteiger partial charge in [0, 0.05) is 5.56 Å². The molecule has 0 saturated heterocycles. The van der Waals surface area contributed by atoms with E-state index < -0.39 is 0 Å². The Morgan fingerprint density at radius 2 is 1.74 bits per heavy atom. The maximum Gasteiger partial charge on any atom is 0.271 e. The standard InChI is InChI=1S/C24H23FN2O4/c1-3-30-23-14-18(6-13-22(23)31-16-17-4-9-20(25)10-5-17)15-26-27-24(28)19-7-11-21(29-2)12-8-19/h4-15H,3,16H2,1-2H3,(H,27,28)/b26-15+. The number of hydrazone groups is 1. The van der Waals surface area contributed by atoms with Gasteiger partial charge in [-0.3, -0.25) is 4.79 Å². The molecule has 0 spiro atoms. The Balaban J connectivity index is 1.63. The van der Waals surface area contributed by atoms with E-state index in [4.69, 9.17) is 14.2 Å². The highest BCUT2D eigenvalue weighted by Gasteiger charge is 2.08. The summed E-state index contributed by atoms with van der Waals surface area (Å²) in [6.45, 7) is 2.62. The number of carbonyl (C=O) groups excluding carboxylic acids is 1. The molecule has 0 radical (unpaired) electrons. The first-order chi connectivity index (χ1) is 15.1. The van der Waals surface area contributed by atoms with Gasteiger partial charge in [0.05, 0.1) is 19.9 Å². The molecule has 3 aromatic rings. The fourth-order valence-electron chi connectivity index (χ4n) is 2.71. The van der Waals surface area contributed by atoms with Crippen LogP contribution in [0.1, 0.15) is 28.4 Å². The van der Waals surface area contributed by atoms with E-state index in [9.17, 15) is 9.18 Å². The van der Waals surface area contributed by atoms with Crippen LogP contribution in [-0.4, -0.2) is 25.8 Å². The van der Waals surface area contributed by atoms with Gasteiger partial charge in [-0.15, -0.1) is 0 Å². The normalized spacial score (nSPS) is 10.7. The van der Waals surface area contributed by atoms with E-state index in [2.05, 4.69) is 10.5 Å². The molecule has 3 rings (SSSR count). The van der Waals surface area contributed by atoms with Gasteiger partial charge in [-0.1, -0.05) is 12.1 Å². The maximum atomic E-state index is 13.0. The van der Waals surface area contributed by atoms with Crippen molar-refractivity contribution < 1.29 is 23.4 Å². The van der Waals surface area contributed by atoms with E-state index in [0.717, 1.165) is 11.1 Å². The molecule has 0 unspecified atom stereocenters. The molecule has 1 amide bonds. The van der Waals surface area contributed by atoms with Crippen molar-refractivity contribution in [2.75, 3.05) is 13.7 Å². The predicted molar refractivity (Wildman–Crippen MR) is 116 cm³/mol. The third-order valence-corrected chi connectivity index (χ3v) is 4.31. The molecule has 0 fully saturated rings. The van der Waals surface area contributed by atoms with Gasteiger partial charge >= 0.3 is 0 Å². The second-order valence-corrected chi connectivity index (χ2v) is 6.48. The van der Waals surface area contributed by atoms with Gasteiger partial charge in [0.15, 0.2) is 11.5 Å². The summed E-state index contributed by atoms with van der Waals surface area (Å²) in [6.07, 6.45) is 1.52. The number of benzene rings is 3. The number of halogens is 1. The number of carbonyl (C=O) groups is 1. The van der Waals surface area contributed by atoms with Crippen LogP contribution < -0.4 is 19.6 Å². The van der Waals surface area contributed by atoms with Crippen molar-refractivity contribution in [2.45, 2.75) is 13.5 Å². The molecule has 7 heteroatoms. The zero-order valence-corrected chi connectivity index (χ0v) is 17.3. The van der Waals surface area contributed by atoms with Crippen molar-refractivity contribution in [3.05, 3.63) is 89.2 Å². The van der Waals surface area contributed by atoms with E-state index >= 15 is 0 Å². The molecule has 0 heterocycles. The van der Waals surface area contributed by atoms with Gasteiger partial charge in [-0.05, 0) is 72.6 Å². The Bertz CT molecular complexity index is 1030. The lowest BCUT2D eigenvalue weighted by Crippen LogP contribution is -2.17. The summed E-state index contributed by atoms with van der Waals surface area (Å²) >= 11 is 0. The second kappa shape index (κ2) is 10.8. The smallest absolute Gasteiger partial charge is 0.271 e. The molecule has 0 aliphatic heterocycles. The first-order valence-electron chi connectivity index (χ1n) is 9.70. The minimum atomic E-state index is -0.330. The van der Waals surface area contributed by atoms with Crippen LogP contribution in [0, 0.1) is 5.82 Å². The number of ether oxygens (including phenoxy) is 3. The molecule has 0 aliphatic carbocycles. The van der Waals surface area contributed by atoms with Crippen LogP contribution in [0.15, 0.2) is 71.8 Å². The summed E-state index contributed by atoms with van der Waals surface area (Å²) in [7, 11) is 1.56. The third-order valence-electron chi connectivity index (χ3n) is 4.31. The van der Waals surface area contributed by atoms with E-state index in [0.29, 0.717) is 29.4 Å². The summed E-state index contributed by atoms with van der Waals surface area (Å²) in [5.74, 6) is 1.16. The SMILES string of the molecule is CCOc1cc(/C=N/NC(=O)c2ccc(OC)cc2)ccc1OCc1ccc(F)cc1. The van der Waals surface area contributed by atoms with Crippen molar-refractivity contribution in [3.63, 3.8) is 0 Å². The maximum absolute atomic E-state index is 13.0. The van der Waals surface area contributed by atoms with Crippen LogP contribution in [0.25, 0.3) is 0 Å². The summed E-state index contributed by atoms with van der Waals surface area (Å²) in [4.78, 5) is 12.2. The molecule has 31 heavy (non-hydrogen) atoms. The summed E-state index contributed by atoms with van der Waals surface area (Å²) < 4.78 is 29.6. The first-order valence-corrected chi connectivity index (χ1v) is 9.70. The Labute approximate surface area is 180 Å². The van der Waals surface area contributed by atoms with E-state index in [1.807, 2.05) is 6.92 Å². The molecular weight excluding hydrogens is 399 g/mol. The van der Waals surface area contributed by atoms with Crippen LogP contribution in [0.5, 0.6) is 17.2 Å². The summed E-state index contributed by atoms with van der Waals surface area (Å²) in [6, 6.07) is 18.2. The topological polar surface area (TPSA) is 69.2 Å². The molecule has 160 valence electrons. The Hall–Kier alpha value is -3.87. The average Bonchev–Trinajstić information content (AvgIpc) is 2.80. The molecule has 0 aliphatic rings. The Morgan fingerprint density at radius 3 is 2.42 bits per heavy atom. The predicted octanol–water partition coefficient (Wildman–Crippen LogP) is 4.58. The van der Waals surface area contributed by atoms with Crippen molar-refractivity contribution in [1.82, 2.24) is 5.43 Å². The van der Waals surface area contributed by atoms with Gasteiger partial charge in [-0.2, -0.15) is 5.10 Å². The molecule has 0 bridgehead atoms. The summed E-state index contributed by atoms with van der Waals surface area (Å²) in [5.41, 5.74) is 4.53. The highest BCUT2D eigenvalue weighted by molar-refractivity contribution is 5.95. The molecule has 0 saturated carbocycles. The Morgan fingerprint density at radius 1 is 1.00 bits per heavy atom. The zero-order valence-electron chi connectivity index (χ0n) is 17.3. The molecule has 0 atom stereocenters. The number of methoxy groups -OCH3 is 1. The third kappa shape index (κ3) is 6.30. The zero-order chi connectivity index (χ0) is 22.1. The van der Waals surface area contributed by atoms with Crippen molar-refractivity contribution in [2.24, 2.45) is 5.10 Å². The van der Waals surface area contributed by atoms with Crippen LogP contribution in [0.4, 0.5) is 4.39 Å². The van der Waals surface area contributed by atoms with E-state index in [1.165, 1.54) is 18.3 Å². The molecule has 0 aromatic heterocycles. The molecule has 3 aromatic carbocycles. The minimum Gasteiger partial charge on any atom is -0.497 e. The minimum absolute atomic E-state index is 0.283. The lowest BCUT2D eigenvalue weighted by molar-refractivity contribution is 0.0955. The molecule has 1 N–H and O–H groups in total. The van der Waals surface area contributed by atoms with E-state index in [-0.39, 0.29) is 18.3 Å². The Kier molecular flexibility index (Phi) is 7.59. The van der Waals surface area contributed by atoms with Crippen LogP contribution in [0.3, 0.4) is 0 Å². The number of hydrogen-bond acceptors (Lipinski definition) is 5. The number of nitrogens with one attached hydrogen (secondary N) is 1. The van der Waals surface area contributed by atoms with Crippen molar-refractivity contribution in [1.29, 1.82) is 0 Å². The second-order valence-electron chi connectivity index (χ2n) is 6.48. The highest BCUT2D eigenvalue weighted by Crippen LogP contribution is 2.29. The van der Waals surface area contributed by atoms with Gasteiger partial charge in [-0.25, -0.2) is 9.82 Å². The highest BCUT2D eigenvalue weighted by atomic mass is 19.1. The fraction of sp³-hybridized carbons (Fsp3) is 0.167. The van der Waals surface area contributed by atoms with Crippen LogP contribution in [0.2, 0.25) is 0 Å². The fourth-order valence-corrected chi connectivity index (χ4v) is 2.71. The average molecular weight is 422 g/mol. The van der Waals surface area contributed by atoms with Crippen LogP contribution >= 0.6 is 0 Å². The first kappa shape index (κ1) is 21.8. The number of amides is 1.